The first-order valence-electron chi connectivity index (χ1n) is 10.6. The van der Waals surface area contributed by atoms with E-state index in [1.54, 1.807) is 0 Å². The molecule has 6 heteroatoms. The van der Waals surface area contributed by atoms with Crippen LogP contribution < -0.4 is 5.32 Å². The Hall–Kier alpha value is -0.240. The van der Waals surface area contributed by atoms with E-state index in [1.165, 1.54) is 32.4 Å². The molecule has 0 spiro atoms. The molecule has 26 heavy (non-hydrogen) atoms. The number of piperidine rings is 1. The van der Waals surface area contributed by atoms with Gasteiger partial charge < -0.3 is 29.2 Å². The highest BCUT2D eigenvalue weighted by Crippen LogP contribution is 2.08. The highest BCUT2D eigenvalue weighted by Gasteiger charge is 2.16. The molecule has 1 heterocycles. The van der Waals surface area contributed by atoms with Gasteiger partial charge in [-0.25, -0.2) is 0 Å². The van der Waals surface area contributed by atoms with Crippen molar-refractivity contribution in [2.24, 2.45) is 0 Å². The van der Waals surface area contributed by atoms with Crippen LogP contribution in [-0.2, 0) is 18.9 Å². The van der Waals surface area contributed by atoms with Crippen LogP contribution in [0, 0.1) is 0 Å². The van der Waals surface area contributed by atoms with Crippen LogP contribution in [0.1, 0.15) is 46.5 Å². The minimum absolute atomic E-state index is 0.621. The third kappa shape index (κ3) is 16.0. The van der Waals surface area contributed by atoms with E-state index in [4.69, 9.17) is 18.9 Å². The minimum Gasteiger partial charge on any atom is -0.379 e. The molecule has 1 rings (SSSR count). The number of likely N-dealkylation sites (tertiary alicyclic amines) is 1. The van der Waals surface area contributed by atoms with Gasteiger partial charge in [-0.15, -0.1) is 0 Å². The van der Waals surface area contributed by atoms with Crippen LogP contribution in [0.25, 0.3) is 0 Å². The summed E-state index contributed by atoms with van der Waals surface area (Å²) in [5.41, 5.74) is 0. The van der Waals surface area contributed by atoms with Crippen molar-refractivity contribution in [3.05, 3.63) is 0 Å². The van der Waals surface area contributed by atoms with E-state index in [1.807, 2.05) is 13.8 Å². The molecule has 158 valence electrons. The van der Waals surface area contributed by atoms with Crippen LogP contribution in [0.5, 0.6) is 0 Å². The second-order valence-electron chi connectivity index (χ2n) is 6.21. The Morgan fingerprint density at radius 3 is 1.69 bits per heavy atom. The van der Waals surface area contributed by atoms with Crippen molar-refractivity contribution in [3.8, 4) is 0 Å². The largest absolute Gasteiger partial charge is 0.379 e. The zero-order chi connectivity index (χ0) is 19.3. The predicted molar refractivity (Wildman–Crippen MR) is 108 cm³/mol. The Bertz CT molecular complexity index is 262. The highest BCUT2D eigenvalue weighted by molar-refractivity contribution is 4.75. The number of hydrogen-bond donors (Lipinski definition) is 1. The third-order valence-electron chi connectivity index (χ3n) is 4.31. The molecule has 0 aliphatic carbocycles. The topological polar surface area (TPSA) is 52.2 Å². The zero-order valence-corrected chi connectivity index (χ0v) is 17.8. The summed E-state index contributed by atoms with van der Waals surface area (Å²) in [5.74, 6) is 0. The summed E-state index contributed by atoms with van der Waals surface area (Å²) in [5, 5.41) is 3.35. The normalized spacial score (nSPS) is 15.7. The zero-order valence-electron chi connectivity index (χ0n) is 17.8. The summed E-state index contributed by atoms with van der Waals surface area (Å²) in [6, 6.07) is 0.695. The van der Waals surface area contributed by atoms with Crippen molar-refractivity contribution in [2.45, 2.75) is 52.5 Å². The van der Waals surface area contributed by atoms with E-state index in [9.17, 15) is 0 Å². The third-order valence-corrected chi connectivity index (χ3v) is 4.31. The molecule has 1 N–H and O–H groups in total. The van der Waals surface area contributed by atoms with Crippen LogP contribution in [0.2, 0.25) is 0 Å². The summed E-state index contributed by atoms with van der Waals surface area (Å²) < 4.78 is 22.0. The number of nitrogens with one attached hydrogen (secondary N) is 1. The molecule has 0 bridgehead atoms. The molecule has 0 aromatic carbocycles. The molecule has 0 aromatic heterocycles. The number of ether oxygens (including phenoxy) is 4. The summed E-state index contributed by atoms with van der Waals surface area (Å²) >= 11 is 0. The van der Waals surface area contributed by atoms with Crippen molar-refractivity contribution < 1.29 is 18.9 Å². The van der Waals surface area contributed by atoms with Gasteiger partial charge in [0.15, 0.2) is 0 Å². The summed E-state index contributed by atoms with van der Waals surface area (Å²) in [7, 11) is 2.05. The maximum Gasteiger partial charge on any atom is 0.0701 e. The van der Waals surface area contributed by atoms with Crippen LogP contribution in [0.15, 0.2) is 0 Å². The second-order valence-corrected chi connectivity index (χ2v) is 6.21. The Kier molecular flexibility index (Phi) is 20.9. The molecule has 0 atom stereocenters. The van der Waals surface area contributed by atoms with Gasteiger partial charge in [0.05, 0.1) is 46.2 Å². The molecule has 0 aromatic rings. The maximum absolute atomic E-state index is 5.63. The van der Waals surface area contributed by atoms with Gasteiger partial charge in [0, 0.05) is 19.2 Å². The van der Waals surface area contributed by atoms with Crippen molar-refractivity contribution in [1.29, 1.82) is 0 Å². The predicted octanol–water partition coefficient (Wildman–Crippen LogP) is 2.56. The molecular formula is C20H44N2O4. The first kappa shape index (κ1) is 25.8. The van der Waals surface area contributed by atoms with E-state index in [-0.39, 0.29) is 0 Å². The monoisotopic (exact) mass is 376 g/mol. The molecule has 6 nitrogen and oxygen atoms in total. The van der Waals surface area contributed by atoms with Gasteiger partial charge in [-0.05, 0) is 39.4 Å². The van der Waals surface area contributed by atoms with Crippen LogP contribution in [0.4, 0.5) is 0 Å². The fourth-order valence-corrected chi connectivity index (χ4v) is 2.65. The van der Waals surface area contributed by atoms with Gasteiger partial charge in [0.25, 0.3) is 0 Å². The fraction of sp³-hybridized carbons (Fsp3) is 1.00. The van der Waals surface area contributed by atoms with E-state index >= 15 is 0 Å². The van der Waals surface area contributed by atoms with Gasteiger partial charge in [0.2, 0.25) is 0 Å². The Balaban J connectivity index is 0.00000301. The molecule has 1 saturated heterocycles. The molecule has 0 unspecified atom stereocenters. The molecule has 1 aliphatic heterocycles. The van der Waals surface area contributed by atoms with Gasteiger partial charge in [-0.2, -0.15) is 0 Å². The maximum atomic E-state index is 5.63. The summed E-state index contributed by atoms with van der Waals surface area (Å²) in [6.45, 7) is 15.0. The number of rotatable bonds is 16. The number of hydrogen-bond acceptors (Lipinski definition) is 6. The second kappa shape index (κ2) is 21.1. The lowest BCUT2D eigenvalue weighted by atomic mass is 10.1. The molecular weight excluding hydrogens is 332 g/mol. The molecule has 0 amide bonds. The Morgan fingerprint density at radius 2 is 1.23 bits per heavy atom. The van der Waals surface area contributed by atoms with Crippen molar-refractivity contribution >= 4 is 0 Å². The molecule has 1 aliphatic rings. The number of nitrogens with zero attached hydrogens (tertiary/aromatic N) is 1. The van der Waals surface area contributed by atoms with E-state index in [0.29, 0.717) is 45.7 Å². The smallest absolute Gasteiger partial charge is 0.0701 e. The first-order chi connectivity index (χ1) is 12.9. The van der Waals surface area contributed by atoms with E-state index < -0.39 is 0 Å². The molecule has 1 fully saturated rings. The minimum atomic E-state index is 0.621. The average Bonchev–Trinajstić information content (AvgIpc) is 2.70. The highest BCUT2D eigenvalue weighted by atomic mass is 16.6. The van der Waals surface area contributed by atoms with Gasteiger partial charge in [-0.1, -0.05) is 27.2 Å². The van der Waals surface area contributed by atoms with E-state index in [0.717, 1.165) is 26.2 Å². The average molecular weight is 377 g/mol. The molecule has 0 radical (unpaired) electrons. The van der Waals surface area contributed by atoms with Crippen molar-refractivity contribution in [1.82, 2.24) is 10.2 Å². The van der Waals surface area contributed by atoms with Crippen LogP contribution >= 0.6 is 0 Å². The molecule has 0 saturated carbocycles. The van der Waals surface area contributed by atoms with Gasteiger partial charge >= 0.3 is 0 Å². The Labute approximate surface area is 161 Å². The van der Waals surface area contributed by atoms with Gasteiger partial charge in [-0.3, -0.25) is 0 Å². The summed E-state index contributed by atoms with van der Waals surface area (Å²) in [6.07, 6.45) is 4.77. The summed E-state index contributed by atoms with van der Waals surface area (Å²) in [4.78, 5) is 2.48. The van der Waals surface area contributed by atoms with Crippen molar-refractivity contribution in [2.75, 3.05) is 79.5 Å². The SMILES string of the molecule is CC.CCCCOCCOCCOCCOCCN1CCC(NC)CC1. The van der Waals surface area contributed by atoms with Crippen LogP contribution in [-0.4, -0.2) is 90.5 Å². The lowest BCUT2D eigenvalue weighted by molar-refractivity contribution is -0.00466. The lowest BCUT2D eigenvalue weighted by Gasteiger charge is -2.31. The van der Waals surface area contributed by atoms with E-state index in [2.05, 4.69) is 24.2 Å². The fourth-order valence-electron chi connectivity index (χ4n) is 2.65. The number of unbranched alkanes of at least 4 members (excludes halogenated alkanes) is 1. The lowest BCUT2D eigenvalue weighted by Crippen LogP contribution is -2.42. The standard InChI is InChI=1S/C18H38N2O4.C2H6/c1-3-4-10-21-12-14-23-16-17-24-15-13-22-11-9-20-7-5-18(19-2)6-8-20;1-2/h18-19H,3-17H2,1-2H3;1-2H3. The first-order valence-corrected chi connectivity index (χ1v) is 10.6. The quantitative estimate of drug-likeness (QED) is 0.418. The van der Waals surface area contributed by atoms with Crippen molar-refractivity contribution in [3.63, 3.8) is 0 Å². The Morgan fingerprint density at radius 1 is 0.769 bits per heavy atom. The van der Waals surface area contributed by atoms with Gasteiger partial charge in [0.1, 0.15) is 0 Å². The van der Waals surface area contributed by atoms with Crippen LogP contribution in [0.3, 0.4) is 0 Å².